The van der Waals surface area contributed by atoms with Gasteiger partial charge < -0.3 is 5.73 Å². The Bertz CT molecular complexity index is 204. The van der Waals surface area contributed by atoms with Gasteiger partial charge in [-0.1, -0.05) is 41.0 Å². The summed E-state index contributed by atoms with van der Waals surface area (Å²) in [5.41, 5.74) is 6.75. The zero-order valence-corrected chi connectivity index (χ0v) is 11.9. The van der Waals surface area contributed by atoms with E-state index in [0.29, 0.717) is 11.5 Å². The SMILES string of the molecule is CCC(C)CC1CC(C(C)(C)C)CCC1N. The normalized spacial score (nSPS) is 33.8. The monoisotopic (exact) mass is 225 g/mol. The topological polar surface area (TPSA) is 26.0 Å². The zero-order chi connectivity index (χ0) is 12.3. The fourth-order valence-corrected chi connectivity index (χ4v) is 3.03. The predicted molar refractivity (Wildman–Crippen MR) is 72.3 cm³/mol. The lowest BCUT2D eigenvalue weighted by atomic mass is 9.66. The lowest BCUT2D eigenvalue weighted by Gasteiger charge is -2.41. The summed E-state index contributed by atoms with van der Waals surface area (Å²) in [5.74, 6) is 2.49. The van der Waals surface area contributed by atoms with E-state index < -0.39 is 0 Å². The van der Waals surface area contributed by atoms with Crippen LogP contribution in [0.4, 0.5) is 0 Å². The third kappa shape index (κ3) is 3.76. The molecule has 0 aromatic carbocycles. The van der Waals surface area contributed by atoms with Crippen LogP contribution in [0.15, 0.2) is 0 Å². The minimum absolute atomic E-state index is 0.465. The Balaban J connectivity index is 2.55. The van der Waals surface area contributed by atoms with Crippen LogP contribution < -0.4 is 5.73 Å². The Morgan fingerprint density at radius 3 is 2.38 bits per heavy atom. The quantitative estimate of drug-likeness (QED) is 0.765. The Labute approximate surface area is 102 Å². The highest BCUT2D eigenvalue weighted by Crippen LogP contribution is 2.41. The van der Waals surface area contributed by atoms with Gasteiger partial charge in [-0.2, -0.15) is 0 Å². The summed E-state index contributed by atoms with van der Waals surface area (Å²) in [6, 6.07) is 0.465. The highest BCUT2D eigenvalue weighted by Gasteiger charge is 2.34. The molecule has 0 amide bonds. The summed E-state index contributed by atoms with van der Waals surface area (Å²) >= 11 is 0. The minimum atomic E-state index is 0.465. The molecule has 0 saturated heterocycles. The van der Waals surface area contributed by atoms with Crippen LogP contribution in [0.2, 0.25) is 0 Å². The smallest absolute Gasteiger partial charge is 0.00674 e. The van der Waals surface area contributed by atoms with Crippen LogP contribution in [-0.2, 0) is 0 Å². The second-order valence-corrected chi connectivity index (χ2v) is 7.05. The first kappa shape index (κ1) is 14.0. The molecule has 1 rings (SSSR count). The molecule has 0 bridgehead atoms. The molecule has 16 heavy (non-hydrogen) atoms. The van der Waals surface area contributed by atoms with Gasteiger partial charge >= 0.3 is 0 Å². The molecule has 1 aliphatic carbocycles. The maximum atomic E-state index is 6.29. The van der Waals surface area contributed by atoms with E-state index in [0.717, 1.165) is 17.8 Å². The molecule has 0 heterocycles. The van der Waals surface area contributed by atoms with E-state index in [1.165, 1.54) is 32.1 Å². The zero-order valence-electron chi connectivity index (χ0n) is 11.9. The molecule has 96 valence electrons. The van der Waals surface area contributed by atoms with Crippen LogP contribution in [0.3, 0.4) is 0 Å². The largest absolute Gasteiger partial charge is 0.327 e. The second kappa shape index (κ2) is 5.53. The Hall–Kier alpha value is -0.0400. The van der Waals surface area contributed by atoms with Crippen molar-refractivity contribution in [3.8, 4) is 0 Å². The molecule has 0 radical (unpaired) electrons. The standard InChI is InChI=1S/C15H31N/c1-6-11(2)9-12-10-13(15(3,4)5)7-8-14(12)16/h11-14H,6-10,16H2,1-5H3. The van der Waals surface area contributed by atoms with E-state index >= 15 is 0 Å². The number of hydrogen-bond acceptors (Lipinski definition) is 1. The van der Waals surface area contributed by atoms with Gasteiger partial charge in [-0.25, -0.2) is 0 Å². The van der Waals surface area contributed by atoms with E-state index in [4.69, 9.17) is 5.73 Å². The molecule has 4 unspecified atom stereocenters. The molecule has 1 heteroatoms. The van der Waals surface area contributed by atoms with Crippen LogP contribution in [0, 0.1) is 23.2 Å². The molecule has 0 aliphatic heterocycles. The average molecular weight is 225 g/mol. The van der Waals surface area contributed by atoms with E-state index in [9.17, 15) is 0 Å². The van der Waals surface area contributed by atoms with E-state index in [2.05, 4.69) is 34.6 Å². The molecule has 2 N–H and O–H groups in total. The van der Waals surface area contributed by atoms with Crippen molar-refractivity contribution in [1.82, 2.24) is 0 Å². The van der Waals surface area contributed by atoms with Crippen molar-refractivity contribution in [2.75, 3.05) is 0 Å². The molecular formula is C15H31N. The first-order chi connectivity index (χ1) is 7.34. The van der Waals surface area contributed by atoms with Gasteiger partial charge in [0.1, 0.15) is 0 Å². The van der Waals surface area contributed by atoms with Crippen molar-refractivity contribution in [2.45, 2.75) is 72.8 Å². The van der Waals surface area contributed by atoms with E-state index in [1.54, 1.807) is 0 Å². The van der Waals surface area contributed by atoms with Crippen LogP contribution in [0.25, 0.3) is 0 Å². The summed E-state index contributed by atoms with van der Waals surface area (Å²) < 4.78 is 0. The van der Waals surface area contributed by atoms with E-state index in [1.807, 2.05) is 0 Å². The predicted octanol–water partition coefficient (Wildman–Crippen LogP) is 4.21. The Morgan fingerprint density at radius 1 is 1.25 bits per heavy atom. The van der Waals surface area contributed by atoms with Crippen molar-refractivity contribution < 1.29 is 0 Å². The van der Waals surface area contributed by atoms with Crippen molar-refractivity contribution >= 4 is 0 Å². The fourth-order valence-electron chi connectivity index (χ4n) is 3.03. The summed E-state index contributed by atoms with van der Waals surface area (Å²) in [5, 5.41) is 0. The molecule has 1 fully saturated rings. The van der Waals surface area contributed by atoms with Crippen LogP contribution in [0.1, 0.15) is 66.7 Å². The van der Waals surface area contributed by atoms with Gasteiger partial charge in [0, 0.05) is 6.04 Å². The molecule has 1 saturated carbocycles. The third-order valence-corrected chi connectivity index (χ3v) is 4.67. The van der Waals surface area contributed by atoms with Crippen molar-refractivity contribution in [2.24, 2.45) is 28.9 Å². The summed E-state index contributed by atoms with van der Waals surface area (Å²) in [6.07, 6.45) is 6.56. The van der Waals surface area contributed by atoms with Crippen molar-refractivity contribution in [3.05, 3.63) is 0 Å². The van der Waals surface area contributed by atoms with Gasteiger partial charge in [0.25, 0.3) is 0 Å². The van der Waals surface area contributed by atoms with Gasteiger partial charge in [0.2, 0.25) is 0 Å². The van der Waals surface area contributed by atoms with Crippen molar-refractivity contribution in [3.63, 3.8) is 0 Å². The van der Waals surface area contributed by atoms with Crippen LogP contribution >= 0.6 is 0 Å². The van der Waals surface area contributed by atoms with Crippen LogP contribution in [-0.4, -0.2) is 6.04 Å². The lowest BCUT2D eigenvalue weighted by Crippen LogP contribution is -2.40. The molecule has 0 aromatic heterocycles. The number of hydrogen-bond donors (Lipinski definition) is 1. The van der Waals surface area contributed by atoms with Crippen molar-refractivity contribution in [1.29, 1.82) is 0 Å². The van der Waals surface area contributed by atoms with Gasteiger partial charge in [0.15, 0.2) is 0 Å². The van der Waals surface area contributed by atoms with Crippen LogP contribution in [0.5, 0.6) is 0 Å². The molecule has 0 spiro atoms. The Kier molecular flexibility index (Phi) is 4.85. The Morgan fingerprint density at radius 2 is 1.88 bits per heavy atom. The molecule has 4 atom stereocenters. The van der Waals surface area contributed by atoms with Gasteiger partial charge in [-0.15, -0.1) is 0 Å². The van der Waals surface area contributed by atoms with Gasteiger partial charge in [-0.05, 0) is 48.9 Å². The maximum absolute atomic E-state index is 6.29. The highest BCUT2D eigenvalue weighted by atomic mass is 14.7. The average Bonchev–Trinajstić information content (AvgIpc) is 2.19. The van der Waals surface area contributed by atoms with E-state index in [-0.39, 0.29) is 0 Å². The molecule has 1 nitrogen and oxygen atoms in total. The molecule has 0 aromatic rings. The van der Waals surface area contributed by atoms with Gasteiger partial charge in [0.05, 0.1) is 0 Å². The molecule has 1 aliphatic rings. The summed E-state index contributed by atoms with van der Waals surface area (Å²) in [7, 11) is 0. The summed E-state index contributed by atoms with van der Waals surface area (Å²) in [4.78, 5) is 0. The molecular weight excluding hydrogens is 194 g/mol. The number of rotatable bonds is 3. The lowest BCUT2D eigenvalue weighted by molar-refractivity contribution is 0.114. The highest BCUT2D eigenvalue weighted by molar-refractivity contribution is 4.87. The maximum Gasteiger partial charge on any atom is 0.00674 e. The second-order valence-electron chi connectivity index (χ2n) is 7.05. The summed E-state index contributed by atoms with van der Waals surface area (Å²) in [6.45, 7) is 11.8. The van der Waals surface area contributed by atoms with Gasteiger partial charge in [-0.3, -0.25) is 0 Å². The first-order valence-electron chi connectivity index (χ1n) is 7.10. The minimum Gasteiger partial charge on any atom is -0.327 e. The number of nitrogens with two attached hydrogens (primary N) is 1. The fraction of sp³-hybridized carbons (Fsp3) is 1.00. The third-order valence-electron chi connectivity index (χ3n) is 4.67. The first-order valence-corrected chi connectivity index (χ1v) is 7.10.